The molecule has 0 radical (unpaired) electrons. The second kappa shape index (κ2) is 8.50. The van der Waals surface area contributed by atoms with Crippen LogP contribution in [0, 0.1) is 11.8 Å². The number of nitrogens with zero attached hydrogens (tertiary/aromatic N) is 6. The average Bonchev–Trinajstić information content (AvgIpc) is 3.28. The summed E-state index contributed by atoms with van der Waals surface area (Å²) in [5.41, 5.74) is 3.14. The van der Waals surface area contributed by atoms with Crippen LogP contribution in [0.3, 0.4) is 0 Å². The summed E-state index contributed by atoms with van der Waals surface area (Å²) in [7, 11) is 0. The third-order valence-electron chi connectivity index (χ3n) is 5.31. The minimum atomic E-state index is -0.190. The van der Waals surface area contributed by atoms with Gasteiger partial charge in [0.25, 0.3) is 0 Å². The highest BCUT2D eigenvalue weighted by atomic mass is 16.3. The summed E-state index contributed by atoms with van der Waals surface area (Å²) in [5, 5.41) is 13.0. The molecule has 2 N–H and O–H groups in total. The topological polar surface area (TPSA) is 101 Å². The summed E-state index contributed by atoms with van der Waals surface area (Å²) in [6.45, 7) is 0. The van der Waals surface area contributed by atoms with Gasteiger partial charge in [-0.05, 0) is 55.9 Å². The number of aliphatic hydroxyl groups is 1. The summed E-state index contributed by atoms with van der Waals surface area (Å²) in [4.78, 5) is 21.9. The van der Waals surface area contributed by atoms with Crippen molar-refractivity contribution in [1.82, 2.24) is 29.3 Å². The average molecular weight is 411 g/mol. The van der Waals surface area contributed by atoms with Crippen LogP contribution < -0.4 is 5.32 Å². The molecule has 0 aromatic carbocycles. The Hall–Kier alpha value is -3.83. The van der Waals surface area contributed by atoms with Gasteiger partial charge in [0.2, 0.25) is 5.95 Å². The molecule has 154 valence electrons. The Kier molecular flexibility index (Phi) is 5.25. The molecule has 0 aliphatic heterocycles. The first kappa shape index (κ1) is 19.2. The first-order valence-corrected chi connectivity index (χ1v) is 10.3. The largest absolute Gasteiger partial charge is 0.393 e. The predicted octanol–water partition coefficient (Wildman–Crippen LogP) is 2.70. The van der Waals surface area contributed by atoms with Gasteiger partial charge in [-0.2, -0.15) is 0 Å². The van der Waals surface area contributed by atoms with E-state index in [0.717, 1.165) is 36.8 Å². The molecule has 8 heteroatoms. The molecule has 4 aromatic rings. The van der Waals surface area contributed by atoms with Gasteiger partial charge in [-0.1, -0.05) is 5.92 Å². The molecule has 0 spiro atoms. The predicted molar refractivity (Wildman–Crippen MR) is 116 cm³/mol. The summed E-state index contributed by atoms with van der Waals surface area (Å²) in [5.74, 6) is 7.28. The number of pyridine rings is 1. The fourth-order valence-electron chi connectivity index (χ4n) is 3.64. The van der Waals surface area contributed by atoms with E-state index in [2.05, 4.69) is 42.1 Å². The van der Waals surface area contributed by atoms with Crippen LogP contribution >= 0.6 is 0 Å². The van der Waals surface area contributed by atoms with E-state index in [0.29, 0.717) is 23.2 Å². The maximum atomic E-state index is 9.67. The van der Waals surface area contributed by atoms with Gasteiger partial charge in [-0.25, -0.2) is 24.9 Å². The molecule has 0 saturated heterocycles. The molecular formula is C23H21N7O. The SMILES string of the molecule is OC1CCC(Nc2nccc(-c3nccc(C#Cc4ccc5cncn5c4)n3)n2)CC1. The molecule has 0 bridgehead atoms. The Morgan fingerprint density at radius 2 is 1.84 bits per heavy atom. The molecule has 31 heavy (non-hydrogen) atoms. The van der Waals surface area contributed by atoms with Crippen LogP contribution in [0.2, 0.25) is 0 Å². The van der Waals surface area contributed by atoms with Gasteiger partial charge in [-0.15, -0.1) is 0 Å². The van der Waals surface area contributed by atoms with Gasteiger partial charge in [0.1, 0.15) is 11.4 Å². The summed E-state index contributed by atoms with van der Waals surface area (Å²) < 4.78 is 1.93. The van der Waals surface area contributed by atoms with Gasteiger partial charge in [0.15, 0.2) is 5.82 Å². The van der Waals surface area contributed by atoms with E-state index in [9.17, 15) is 5.11 Å². The Bertz CT molecular complexity index is 1270. The van der Waals surface area contributed by atoms with Crippen LogP contribution in [0.5, 0.6) is 0 Å². The lowest BCUT2D eigenvalue weighted by Crippen LogP contribution is -2.28. The van der Waals surface area contributed by atoms with Crippen LogP contribution in [0.1, 0.15) is 36.9 Å². The minimum absolute atomic E-state index is 0.190. The molecule has 5 rings (SSSR count). The van der Waals surface area contributed by atoms with Crippen molar-refractivity contribution in [3.05, 3.63) is 66.6 Å². The number of hydrogen-bond donors (Lipinski definition) is 2. The number of fused-ring (bicyclic) bond motifs is 1. The number of rotatable bonds is 3. The Morgan fingerprint density at radius 1 is 0.968 bits per heavy atom. The minimum Gasteiger partial charge on any atom is -0.393 e. The van der Waals surface area contributed by atoms with Gasteiger partial charge >= 0.3 is 0 Å². The van der Waals surface area contributed by atoms with E-state index < -0.39 is 0 Å². The fourth-order valence-corrected chi connectivity index (χ4v) is 3.64. The molecule has 1 fully saturated rings. The molecule has 8 nitrogen and oxygen atoms in total. The number of anilines is 1. The number of nitrogens with one attached hydrogen (secondary N) is 1. The van der Waals surface area contributed by atoms with Crippen LogP contribution in [0.15, 0.2) is 55.4 Å². The van der Waals surface area contributed by atoms with E-state index in [1.165, 1.54) is 0 Å². The lowest BCUT2D eigenvalue weighted by Gasteiger charge is -2.26. The number of aliphatic hydroxyl groups excluding tert-OH is 1. The van der Waals surface area contributed by atoms with Gasteiger partial charge in [0, 0.05) is 30.2 Å². The number of imidazole rings is 1. The zero-order chi connectivity index (χ0) is 21.0. The van der Waals surface area contributed by atoms with Gasteiger partial charge < -0.3 is 14.8 Å². The molecule has 4 heterocycles. The highest BCUT2D eigenvalue weighted by Crippen LogP contribution is 2.21. The zero-order valence-electron chi connectivity index (χ0n) is 16.8. The van der Waals surface area contributed by atoms with Crippen molar-refractivity contribution >= 4 is 11.5 Å². The van der Waals surface area contributed by atoms with Crippen molar-refractivity contribution in [3.63, 3.8) is 0 Å². The second-order valence-electron chi connectivity index (χ2n) is 7.57. The third-order valence-corrected chi connectivity index (χ3v) is 5.31. The van der Waals surface area contributed by atoms with E-state index in [4.69, 9.17) is 0 Å². The zero-order valence-corrected chi connectivity index (χ0v) is 16.8. The van der Waals surface area contributed by atoms with Crippen LogP contribution in [-0.4, -0.2) is 46.6 Å². The van der Waals surface area contributed by atoms with Crippen molar-refractivity contribution < 1.29 is 5.11 Å². The van der Waals surface area contributed by atoms with Gasteiger partial charge in [0.05, 0.1) is 24.1 Å². The van der Waals surface area contributed by atoms with Crippen LogP contribution in [0.4, 0.5) is 5.95 Å². The lowest BCUT2D eigenvalue weighted by molar-refractivity contribution is 0.126. The van der Waals surface area contributed by atoms with E-state index in [-0.39, 0.29) is 12.1 Å². The third kappa shape index (κ3) is 4.52. The van der Waals surface area contributed by atoms with E-state index in [1.54, 1.807) is 37.1 Å². The Morgan fingerprint density at radius 3 is 2.74 bits per heavy atom. The maximum Gasteiger partial charge on any atom is 0.223 e. The summed E-state index contributed by atoms with van der Waals surface area (Å²) in [6.07, 6.45) is 12.1. The molecule has 0 unspecified atom stereocenters. The maximum absolute atomic E-state index is 9.67. The first-order chi connectivity index (χ1) is 15.2. The number of aromatic nitrogens is 6. The molecular weight excluding hydrogens is 390 g/mol. The van der Waals surface area contributed by atoms with Crippen LogP contribution in [0.25, 0.3) is 17.0 Å². The van der Waals surface area contributed by atoms with Crippen molar-refractivity contribution in [2.45, 2.75) is 37.8 Å². The Balaban J connectivity index is 1.34. The van der Waals surface area contributed by atoms with E-state index in [1.807, 2.05) is 22.7 Å². The Labute approximate surface area is 179 Å². The van der Waals surface area contributed by atoms with Crippen molar-refractivity contribution in [2.75, 3.05) is 5.32 Å². The molecule has 1 saturated carbocycles. The van der Waals surface area contributed by atoms with Crippen molar-refractivity contribution in [3.8, 4) is 23.4 Å². The van der Waals surface area contributed by atoms with Crippen molar-refractivity contribution in [1.29, 1.82) is 0 Å². The normalized spacial score (nSPS) is 18.4. The fraction of sp³-hybridized carbons (Fsp3) is 0.261. The first-order valence-electron chi connectivity index (χ1n) is 10.3. The monoisotopic (exact) mass is 411 g/mol. The number of hydrogen-bond acceptors (Lipinski definition) is 7. The standard InChI is InChI=1S/C23H21N7O/c31-20-7-4-17(5-8-20)28-23-26-12-10-21(29-23)22-25-11-9-18(27-22)3-1-16-2-6-19-13-24-15-30(19)14-16/h2,6,9-15,17,20,31H,4-5,7-8H2,(H,26,28,29). The van der Waals surface area contributed by atoms with Crippen LogP contribution in [-0.2, 0) is 0 Å². The highest BCUT2D eigenvalue weighted by Gasteiger charge is 2.20. The molecule has 1 aliphatic carbocycles. The molecule has 0 amide bonds. The van der Waals surface area contributed by atoms with Crippen molar-refractivity contribution in [2.24, 2.45) is 0 Å². The summed E-state index contributed by atoms with van der Waals surface area (Å²) >= 11 is 0. The van der Waals surface area contributed by atoms with Gasteiger partial charge in [-0.3, -0.25) is 0 Å². The smallest absolute Gasteiger partial charge is 0.223 e. The quantitative estimate of drug-likeness (QED) is 0.500. The molecule has 0 atom stereocenters. The lowest BCUT2D eigenvalue weighted by atomic mass is 9.93. The van der Waals surface area contributed by atoms with E-state index >= 15 is 0 Å². The molecule has 4 aromatic heterocycles. The second-order valence-corrected chi connectivity index (χ2v) is 7.57. The summed E-state index contributed by atoms with van der Waals surface area (Å²) in [6, 6.07) is 7.77. The molecule has 1 aliphatic rings. The highest BCUT2D eigenvalue weighted by molar-refractivity contribution is 5.53.